The molecule has 0 bridgehead atoms. The van der Waals surface area contributed by atoms with Crippen molar-refractivity contribution in [2.24, 2.45) is 4.99 Å². The minimum atomic E-state index is -4.33. The van der Waals surface area contributed by atoms with Gasteiger partial charge in [0.25, 0.3) is 0 Å². The zero-order valence-corrected chi connectivity index (χ0v) is 13.6. The van der Waals surface area contributed by atoms with Crippen molar-refractivity contribution in [2.75, 3.05) is 0 Å². The van der Waals surface area contributed by atoms with E-state index in [0.29, 0.717) is 10.6 Å². The van der Waals surface area contributed by atoms with Crippen LogP contribution in [-0.4, -0.2) is 11.2 Å². The van der Waals surface area contributed by atoms with Gasteiger partial charge in [-0.05, 0) is 30.5 Å². The summed E-state index contributed by atoms with van der Waals surface area (Å²) >= 11 is 2.95. The van der Waals surface area contributed by atoms with Crippen molar-refractivity contribution >= 4 is 33.9 Å². The second-order valence-electron chi connectivity index (χ2n) is 4.76. The smallest absolute Gasteiger partial charge is 0.243 e. The zero-order chi connectivity index (χ0) is 16.4. The van der Waals surface area contributed by atoms with E-state index < -0.39 is 11.7 Å². The van der Waals surface area contributed by atoms with Crippen molar-refractivity contribution < 1.29 is 13.2 Å². The Morgan fingerprint density at radius 2 is 1.87 bits per heavy atom. The number of hydrogen-bond acceptors (Lipinski definition) is 4. The summed E-state index contributed by atoms with van der Waals surface area (Å²) in [7, 11) is 0. The van der Waals surface area contributed by atoms with Crippen LogP contribution in [0.1, 0.15) is 16.1 Å². The number of nitrogens with zero attached hydrogens (tertiary/aromatic N) is 2. The van der Waals surface area contributed by atoms with E-state index in [1.54, 1.807) is 17.6 Å². The highest BCUT2D eigenvalue weighted by atomic mass is 32.1. The fourth-order valence-corrected chi connectivity index (χ4v) is 3.42. The van der Waals surface area contributed by atoms with E-state index in [-0.39, 0.29) is 0 Å². The first-order valence-electron chi connectivity index (χ1n) is 6.66. The van der Waals surface area contributed by atoms with E-state index in [1.165, 1.54) is 23.5 Å². The van der Waals surface area contributed by atoms with Crippen LogP contribution in [0.5, 0.6) is 0 Å². The maximum Gasteiger partial charge on any atom is 0.416 e. The molecular weight excluding hydrogens is 341 g/mol. The molecule has 2 nitrogen and oxygen atoms in total. The number of thiophene rings is 1. The van der Waals surface area contributed by atoms with Gasteiger partial charge in [0.1, 0.15) is 10.0 Å². The number of aryl methyl sites for hydroxylation is 1. The second-order valence-corrected chi connectivity index (χ2v) is 6.72. The van der Waals surface area contributed by atoms with Crippen LogP contribution in [0, 0.1) is 6.92 Å². The number of rotatable bonds is 3. The number of benzene rings is 1. The van der Waals surface area contributed by atoms with Gasteiger partial charge in [0.2, 0.25) is 0 Å². The molecule has 7 heteroatoms. The van der Waals surface area contributed by atoms with Crippen LogP contribution in [0.2, 0.25) is 0 Å². The molecule has 0 aliphatic heterocycles. The van der Waals surface area contributed by atoms with Gasteiger partial charge in [-0.1, -0.05) is 29.5 Å². The van der Waals surface area contributed by atoms with E-state index in [9.17, 15) is 13.2 Å². The molecule has 2 heterocycles. The molecule has 0 spiro atoms. The molecule has 0 saturated heterocycles. The number of hydrogen-bond donors (Lipinski definition) is 0. The Hall–Kier alpha value is -1.99. The van der Waals surface area contributed by atoms with Gasteiger partial charge in [0.15, 0.2) is 0 Å². The van der Waals surface area contributed by atoms with Gasteiger partial charge in [-0.2, -0.15) is 13.2 Å². The quantitative estimate of drug-likeness (QED) is 0.535. The fraction of sp³-hybridized carbons (Fsp3) is 0.125. The van der Waals surface area contributed by atoms with Gasteiger partial charge < -0.3 is 0 Å². The molecular formula is C16H11F3N2S2. The first-order valence-corrected chi connectivity index (χ1v) is 8.36. The van der Waals surface area contributed by atoms with Crippen molar-refractivity contribution in [1.82, 2.24) is 4.98 Å². The van der Waals surface area contributed by atoms with Gasteiger partial charge in [-0.15, -0.1) is 11.3 Å². The third-order valence-electron chi connectivity index (χ3n) is 3.08. The van der Waals surface area contributed by atoms with Crippen molar-refractivity contribution in [3.8, 4) is 10.6 Å². The lowest BCUT2D eigenvalue weighted by Crippen LogP contribution is -2.03. The zero-order valence-electron chi connectivity index (χ0n) is 12.0. The monoisotopic (exact) mass is 352 g/mol. The summed E-state index contributed by atoms with van der Waals surface area (Å²) in [5.74, 6) is 0. The lowest BCUT2D eigenvalue weighted by Gasteiger charge is -2.06. The molecule has 0 saturated carbocycles. The Bertz CT molecular complexity index is 816. The van der Waals surface area contributed by atoms with E-state index in [0.717, 1.165) is 27.7 Å². The SMILES string of the molecule is Cc1nc(-c2ccc(C(F)(F)F)cc2)sc1N=Cc1cccs1. The Labute approximate surface area is 139 Å². The molecule has 0 atom stereocenters. The molecule has 0 N–H and O–H groups in total. The predicted molar refractivity (Wildman–Crippen MR) is 88.9 cm³/mol. The second kappa shape index (κ2) is 6.25. The molecule has 3 aromatic rings. The molecule has 0 radical (unpaired) electrons. The maximum atomic E-state index is 12.6. The third kappa shape index (κ3) is 3.68. The average molecular weight is 352 g/mol. The van der Waals surface area contributed by atoms with Crippen LogP contribution in [0.15, 0.2) is 46.8 Å². The molecule has 0 unspecified atom stereocenters. The normalized spacial score (nSPS) is 12.2. The molecule has 0 aliphatic carbocycles. The number of thiazole rings is 1. The number of alkyl halides is 3. The highest BCUT2D eigenvalue weighted by Crippen LogP contribution is 2.35. The van der Waals surface area contributed by atoms with Crippen LogP contribution in [0.3, 0.4) is 0 Å². The van der Waals surface area contributed by atoms with Crippen molar-refractivity contribution in [3.63, 3.8) is 0 Å². The predicted octanol–water partition coefficient (Wildman–Crippen LogP) is 5.95. The lowest BCUT2D eigenvalue weighted by molar-refractivity contribution is -0.137. The van der Waals surface area contributed by atoms with E-state index in [2.05, 4.69) is 9.98 Å². The Kier molecular flexibility index (Phi) is 4.32. The van der Waals surface area contributed by atoms with Crippen LogP contribution in [0.4, 0.5) is 18.2 Å². The van der Waals surface area contributed by atoms with Gasteiger partial charge in [0.05, 0.1) is 11.3 Å². The largest absolute Gasteiger partial charge is 0.416 e. The lowest BCUT2D eigenvalue weighted by atomic mass is 10.1. The third-order valence-corrected chi connectivity index (χ3v) is 5.00. The molecule has 0 aliphatic rings. The number of aliphatic imine (C=N–C) groups is 1. The minimum absolute atomic E-state index is 0.656. The average Bonchev–Trinajstić information content (AvgIpc) is 3.14. The molecule has 0 amide bonds. The highest BCUT2D eigenvalue weighted by Gasteiger charge is 2.30. The van der Waals surface area contributed by atoms with Gasteiger partial charge in [-0.3, -0.25) is 0 Å². The first-order chi connectivity index (χ1) is 10.9. The van der Waals surface area contributed by atoms with E-state index in [1.807, 2.05) is 24.4 Å². The summed E-state index contributed by atoms with van der Waals surface area (Å²) in [5, 5.41) is 3.39. The number of aromatic nitrogens is 1. The standard InChI is InChI=1S/C16H11F3N2S2/c1-10-14(20-9-13-3-2-8-22-13)23-15(21-10)11-4-6-12(7-5-11)16(17,18)19/h2-9H,1H3. The van der Waals surface area contributed by atoms with Crippen molar-refractivity contribution in [3.05, 3.63) is 57.9 Å². The van der Waals surface area contributed by atoms with Crippen LogP contribution < -0.4 is 0 Å². The molecule has 1 aromatic carbocycles. The van der Waals surface area contributed by atoms with Gasteiger partial charge in [-0.25, -0.2) is 9.98 Å². The summed E-state index contributed by atoms with van der Waals surface area (Å²) in [6.45, 7) is 1.84. The van der Waals surface area contributed by atoms with Gasteiger partial charge >= 0.3 is 6.18 Å². The molecule has 2 aromatic heterocycles. The topological polar surface area (TPSA) is 25.2 Å². The molecule has 118 valence electrons. The number of halogens is 3. The molecule has 23 heavy (non-hydrogen) atoms. The summed E-state index contributed by atoms with van der Waals surface area (Å²) in [6, 6.07) is 8.92. The van der Waals surface area contributed by atoms with Gasteiger partial charge in [0, 0.05) is 16.7 Å². The van der Waals surface area contributed by atoms with Crippen molar-refractivity contribution in [2.45, 2.75) is 13.1 Å². The summed E-state index contributed by atoms with van der Waals surface area (Å²) in [6.07, 6.45) is -2.56. The van der Waals surface area contributed by atoms with Crippen LogP contribution in [0.25, 0.3) is 10.6 Å². The summed E-state index contributed by atoms with van der Waals surface area (Å²) in [4.78, 5) is 9.85. The minimum Gasteiger partial charge on any atom is -0.243 e. The Morgan fingerprint density at radius 1 is 1.13 bits per heavy atom. The maximum absolute atomic E-state index is 12.6. The highest BCUT2D eigenvalue weighted by molar-refractivity contribution is 7.19. The van der Waals surface area contributed by atoms with Crippen LogP contribution in [-0.2, 0) is 6.18 Å². The molecule has 0 fully saturated rings. The van der Waals surface area contributed by atoms with E-state index >= 15 is 0 Å². The Morgan fingerprint density at radius 3 is 2.48 bits per heavy atom. The fourth-order valence-electron chi connectivity index (χ4n) is 1.92. The Balaban J connectivity index is 1.85. The van der Waals surface area contributed by atoms with Crippen LogP contribution >= 0.6 is 22.7 Å². The van der Waals surface area contributed by atoms with E-state index in [4.69, 9.17) is 0 Å². The summed E-state index contributed by atoms with van der Waals surface area (Å²) in [5.41, 5.74) is 0.756. The summed E-state index contributed by atoms with van der Waals surface area (Å²) < 4.78 is 37.8. The first kappa shape index (κ1) is 15.9. The molecule has 3 rings (SSSR count). The van der Waals surface area contributed by atoms with Crippen molar-refractivity contribution in [1.29, 1.82) is 0 Å².